The van der Waals surface area contributed by atoms with Crippen molar-refractivity contribution in [3.8, 4) is 11.1 Å². The van der Waals surface area contributed by atoms with Crippen molar-refractivity contribution >= 4 is 40.0 Å². The van der Waals surface area contributed by atoms with Gasteiger partial charge in [-0.05, 0) is 61.6 Å². The number of nitrogens with zero attached hydrogens (tertiary/aromatic N) is 2. The zero-order valence-electron chi connectivity index (χ0n) is 21.0. The summed E-state index contributed by atoms with van der Waals surface area (Å²) in [6, 6.07) is 14.7. The van der Waals surface area contributed by atoms with Crippen LogP contribution in [-0.4, -0.2) is 27.2 Å². The quantitative estimate of drug-likeness (QED) is 0.291. The molecule has 4 aromatic rings. The smallest absolute Gasteiger partial charge is 0.277 e. The molecule has 0 fully saturated rings. The minimum absolute atomic E-state index is 0.0222. The fraction of sp³-hybridized carbons (Fsp3) is 0.276. The summed E-state index contributed by atoms with van der Waals surface area (Å²) in [5, 5.41) is 13.9. The van der Waals surface area contributed by atoms with Crippen LogP contribution >= 0.6 is 23.2 Å². The van der Waals surface area contributed by atoms with Gasteiger partial charge >= 0.3 is 0 Å². The predicted molar refractivity (Wildman–Crippen MR) is 149 cm³/mol. The van der Waals surface area contributed by atoms with E-state index in [0.29, 0.717) is 39.5 Å². The summed E-state index contributed by atoms with van der Waals surface area (Å²) in [4.78, 5) is 31.9. The molecule has 6 nitrogen and oxygen atoms in total. The highest BCUT2D eigenvalue weighted by molar-refractivity contribution is 6.35. The number of aryl methyl sites for hydroxylation is 2. The van der Waals surface area contributed by atoms with Crippen LogP contribution in [0.2, 0.25) is 10.0 Å². The molecule has 0 radical (unpaired) electrons. The Morgan fingerprint density at radius 3 is 2.41 bits per heavy atom. The summed E-state index contributed by atoms with van der Waals surface area (Å²) in [6.07, 6.45) is 2.06. The third-order valence-electron chi connectivity index (χ3n) is 6.29. The molecule has 37 heavy (non-hydrogen) atoms. The van der Waals surface area contributed by atoms with Gasteiger partial charge in [-0.15, -0.1) is 0 Å². The summed E-state index contributed by atoms with van der Waals surface area (Å²) >= 11 is 12.7. The number of benzene rings is 2. The molecule has 2 N–H and O–H groups in total. The highest BCUT2D eigenvalue weighted by Crippen LogP contribution is 2.34. The Kier molecular flexibility index (Phi) is 8.32. The van der Waals surface area contributed by atoms with E-state index in [1.165, 1.54) is 4.57 Å². The Morgan fingerprint density at radius 1 is 1.08 bits per heavy atom. The first-order valence-electron chi connectivity index (χ1n) is 12.1. The second-order valence-corrected chi connectivity index (χ2v) is 10.4. The van der Waals surface area contributed by atoms with Gasteiger partial charge in [0.25, 0.3) is 11.5 Å². The Bertz CT molecular complexity index is 1490. The van der Waals surface area contributed by atoms with Crippen molar-refractivity contribution in [1.82, 2.24) is 14.9 Å². The number of fused-ring (bicyclic) bond motifs is 1. The standard InChI is InChI=1S/C29H29Cl2N3O3/c1-17(16-35)6-8-34-27(28(36)33-15-20-10-18(2)9-19(3)11-20)25(21-12-22(30)14-23(31)13-21)24-5-4-7-32-26(24)29(34)37/h4-5,7,9-14,17,35H,6,8,15-16H2,1-3H3,(H,33,36)/t17-/m1/s1. The van der Waals surface area contributed by atoms with Crippen LogP contribution in [0.1, 0.15) is 40.5 Å². The van der Waals surface area contributed by atoms with Crippen LogP contribution in [-0.2, 0) is 13.1 Å². The number of carbonyl (C=O) groups is 1. The molecule has 0 aliphatic heterocycles. The van der Waals surface area contributed by atoms with Gasteiger partial charge in [-0.3, -0.25) is 14.6 Å². The fourth-order valence-electron chi connectivity index (χ4n) is 4.59. The van der Waals surface area contributed by atoms with E-state index in [9.17, 15) is 14.7 Å². The van der Waals surface area contributed by atoms with E-state index >= 15 is 0 Å². The molecule has 1 atom stereocenters. The zero-order valence-corrected chi connectivity index (χ0v) is 22.5. The average Bonchev–Trinajstić information content (AvgIpc) is 2.85. The maximum absolute atomic E-state index is 13.9. The molecule has 4 rings (SSSR count). The molecule has 0 bridgehead atoms. The SMILES string of the molecule is Cc1cc(C)cc(CNC(=O)c2c(-c3cc(Cl)cc(Cl)c3)c3cccnc3c(=O)n2CC[C@@H](C)CO)c1. The lowest BCUT2D eigenvalue weighted by atomic mass is 9.97. The number of rotatable bonds is 8. The molecule has 2 aromatic carbocycles. The number of aliphatic hydroxyl groups excluding tert-OH is 1. The molecule has 8 heteroatoms. The van der Waals surface area contributed by atoms with E-state index in [0.717, 1.165) is 16.7 Å². The minimum Gasteiger partial charge on any atom is -0.396 e. The van der Waals surface area contributed by atoms with Crippen LogP contribution in [0.15, 0.2) is 59.5 Å². The molecule has 1 amide bonds. The van der Waals surface area contributed by atoms with Gasteiger partial charge in [-0.2, -0.15) is 0 Å². The predicted octanol–water partition coefficient (Wildman–Crippen LogP) is 5.94. The highest BCUT2D eigenvalue weighted by Gasteiger charge is 2.24. The van der Waals surface area contributed by atoms with Crippen LogP contribution < -0.4 is 10.9 Å². The van der Waals surface area contributed by atoms with Crippen molar-refractivity contribution in [3.05, 3.63) is 97.5 Å². The van der Waals surface area contributed by atoms with Crippen LogP contribution in [0, 0.1) is 19.8 Å². The van der Waals surface area contributed by atoms with E-state index < -0.39 is 5.91 Å². The van der Waals surface area contributed by atoms with Crippen molar-refractivity contribution < 1.29 is 9.90 Å². The third-order valence-corrected chi connectivity index (χ3v) is 6.73. The van der Waals surface area contributed by atoms with Crippen molar-refractivity contribution in [1.29, 1.82) is 0 Å². The van der Waals surface area contributed by atoms with Gasteiger partial charge in [-0.25, -0.2) is 0 Å². The Hall–Kier alpha value is -3.19. The maximum atomic E-state index is 13.9. The molecule has 0 spiro atoms. The summed E-state index contributed by atoms with van der Waals surface area (Å²) in [5.41, 5.74) is 4.39. The van der Waals surface area contributed by atoms with Crippen LogP contribution in [0.3, 0.4) is 0 Å². The number of hydrogen-bond acceptors (Lipinski definition) is 4. The van der Waals surface area contributed by atoms with E-state index in [1.807, 2.05) is 32.9 Å². The topological polar surface area (TPSA) is 84.2 Å². The maximum Gasteiger partial charge on any atom is 0.277 e. The highest BCUT2D eigenvalue weighted by atomic mass is 35.5. The molecule has 2 heterocycles. The summed E-state index contributed by atoms with van der Waals surface area (Å²) < 4.78 is 1.46. The van der Waals surface area contributed by atoms with E-state index in [-0.39, 0.29) is 35.8 Å². The molecular weight excluding hydrogens is 509 g/mol. The lowest BCUT2D eigenvalue weighted by Gasteiger charge is -2.20. The normalized spacial score (nSPS) is 12.1. The molecule has 0 aliphatic rings. The van der Waals surface area contributed by atoms with Crippen LogP contribution in [0.25, 0.3) is 22.0 Å². The second-order valence-electron chi connectivity index (χ2n) is 9.49. The van der Waals surface area contributed by atoms with Crippen molar-refractivity contribution in [3.63, 3.8) is 0 Å². The molecule has 192 valence electrons. The third kappa shape index (κ3) is 6.04. The average molecular weight is 538 g/mol. The zero-order chi connectivity index (χ0) is 26.7. The molecule has 0 unspecified atom stereocenters. The Morgan fingerprint density at radius 2 is 1.76 bits per heavy atom. The lowest BCUT2D eigenvalue weighted by molar-refractivity contribution is 0.0940. The number of carbonyl (C=O) groups excluding carboxylic acids is 1. The number of aromatic nitrogens is 2. The second kappa shape index (κ2) is 11.5. The van der Waals surface area contributed by atoms with Gasteiger partial charge in [0.1, 0.15) is 11.2 Å². The first-order chi connectivity index (χ1) is 17.7. The monoisotopic (exact) mass is 537 g/mol. The summed E-state index contributed by atoms with van der Waals surface area (Å²) in [5.74, 6) is -0.452. The number of hydrogen-bond donors (Lipinski definition) is 2. The largest absolute Gasteiger partial charge is 0.396 e. The van der Waals surface area contributed by atoms with E-state index in [4.69, 9.17) is 23.2 Å². The number of halogens is 2. The molecule has 0 saturated heterocycles. The van der Waals surface area contributed by atoms with Crippen molar-refractivity contribution in [2.24, 2.45) is 5.92 Å². The number of nitrogens with one attached hydrogen (secondary N) is 1. The van der Waals surface area contributed by atoms with Gasteiger partial charge in [0.15, 0.2) is 0 Å². The van der Waals surface area contributed by atoms with Gasteiger partial charge < -0.3 is 15.0 Å². The number of amides is 1. The van der Waals surface area contributed by atoms with Gasteiger partial charge in [-0.1, -0.05) is 65.5 Å². The number of aliphatic hydroxyl groups is 1. The van der Waals surface area contributed by atoms with Gasteiger partial charge in [0, 0.05) is 46.9 Å². The number of pyridine rings is 2. The minimum atomic E-state index is -0.398. The summed E-state index contributed by atoms with van der Waals surface area (Å²) in [7, 11) is 0. The molecule has 0 aliphatic carbocycles. The van der Waals surface area contributed by atoms with Gasteiger partial charge in [0.2, 0.25) is 0 Å². The van der Waals surface area contributed by atoms with Gasteiger partial charge in [0.05, 0.1) is 0 Å². The van der Waals surface area contributed by atoms with Crippen LogP contribution in [0.5, 0.6) is 0 Å². The van der Waals surface area contributed by atoms with E-state index in [2.05, 4.69) is 16.4 Å². The molecular formula is C29H29Cl2N3O3. The Labute approximate surface area is 225 Å². The Balaban J connectivity index is 1.93. The lowest BCUT2D eigenvalue weighted by Crippen LogP contribution is -2.34. The van der Waals surface area contributed by atoms with Crippen molar-refractivity contribution in [2.75, 3.05) is 6.61 Å². The first-order valence-corrected chi connectivity index (χ1v) is 12.9. The first kappa shape index (κ1) is 26.9. The molecule has 2 aromatic heterocycles. The van der Waals surface area contributed by atoms with Crippen molar-refractivity contribution in [2.45, 2.75) is 40.3 Å². The fourth-order valence-corrected chi connectivity index (χ4v) is 5.11. The summed E-state index contributed by atoms with van der Waals surface area (Å²) in [6.45, 7) is 6.42. The van der Waals surface area contributed by atoms with E-state index in [1.54, 1.807) is 36.5 Å². The molecule has 0 saturated carbocycles. The van der Waals surface area contributed by atoms with Crippen LogP contribution in [0.4, 0.5) is 0 Å².